The Morgan fingerprint density at radius 3 is 2.28 bits per heavy atom. The lowest BCUT2D eigenvalue weighted by Crippen LogP contribution is -2.27. The third-order valence-corrected chi connectivity index (χ3v) is 6.84. The van der Waals surface area contributed by atoms with E-state index < -0.39 is 0 Å². The summed E-state index contributed by atoms with van der Waals surface area (Å²) < 4.78 is 15.3. The number of nitrogens with one attached hydrogen (secondary N) is 1. The van der Waals surface area contributed by atoms with Crippen molar-refractivity contribution in [3.8, 4) is 22.6 Å². The minimum absolute atomic E-state index is 0. The van der Waals surface area contributed by atoms with Gasteiger partial charge in [-0.2, -0.15) is 0 Å². The van der Waals surface area contributed by atoms with Crippen LogP contribution in [-0.4, -0.2) is 50.0 Å². The number of aliphatic hydroxyl groups excluding tert-OH is 1. The van der Waals surface area contributed by atoms with Crippen LogP contribution in [0.2, 0.25) is 0 Å². The summed E-state index contributed by atoms with van der Waals surface area (Å²) in [5.74, 6) is 1.86. The van der Waals surface area contributed by atoms with Crippen LogP contribution in [0.15, 0.2) is 66.7 Å². The van der Waals surface area contributed by atoms with Gasteiger partial charge in [-0.3, -0.25) is 9.59 Å². The summed E-state index contributed by atoms with van der Waals surface area (Å²) in [5.41, 5.74) is 4.76. The Morgan fingerprint density at radius 2 is 1.67 bits per heavy atom. The molecule has 0 unspecified atom stereocenters. The predicted molar refractivity (Wildman–Crippen MR) is 154 cm³/mol. The molecule has 0 bridgehead atoms. The number of hydrogen-bond acceptors (Lipinski definition) is 6. The molecule has 0 aromatic heterocycles. The molecule has 3 aromatic carbocycles. The second-order valence-corrected chi connectivity index (χ2v) is 9.83. The van der Waals surface area contributed by atoms with E-state index in [0.29, 0.717) is 37.7 Å². The maximum Gasteiger partial charge on any atom is 0.251 e. The van der Waals surface area contributed by atoms with Crippen LogP contribution < -0.4 is 14.8 Å². The molecule has 1 aliphatic carbocycles. The van der Waals surface area contributed by atoms with Crippen LogP contribution in [0, 0.1) is 12.3 Å². The lowest BCUT2D eigenvalue weighted by atomic mass is 9.92. The molecule has 1 saturated carbocycles. The van der Waals surface area contributed by atoms with Gasteiger partial charge in [-0.25, -0.2) is 0 Å². The van der Waals surface area contributed by atoms with Crippen molar-refractivity contribution in [2.45, 2.75) is 40.5 Å². The highest BCUT2D eigenvalue weighted by Crippen LogP contribution is 2.46. The van der Waals surface area contributed by atoms with Crippen LogP contribution in [-0.2, 0) is 16.0 Å². The Hall–Kier alpha value is -3.68. The first kappa shape index (κ1) is 29.9. The third-order valence-electron chi connectivity index (χ3n) is 6.84. The van der Waals surface area contributed by atoms with E-state index in [1.165, 1.54) is 0 Å². The average Bonchev–Trinajstić information content (AvgIpc) is 3.51. The molecule has 3 aromatic rings. The summed E-state index contributed by atoms with van der Waals surface area (Å²) in [6, 6.07) is 21.3. The topological polar surface area (TPSA) is 94.1 Å². The van der Waals surface area contributed by atoms with Crippen LogP contribution in [0.25, 0.3) is 11.1 Å². The molecule has 1 fully saturated rings. The number of ether oxygens (including phenoxy) is 3. The van der Waals surface area contributed by atoms with Crippen LogP contribution in [0.4, 0.5) is 0 Å². The number of Topliss-reactive ketones (excluding diaryl/α,β-unsaturated/α-hetero) is 1. The van der Waals surface area contributed by atoms with E-state index in [-0.39, 0.29) is 33.4 Å². The van der Waals surface area contributed by atoms with Gasteiger partial charge < -0.3 is 24.6 Å². The van der Waals surface area contributed by atoms with E-state index in [1.54, 1.807) is 0 Å². The zero-order chi connectivity index (χ0) is 27.0. The first-order chi connectivity index (χ1) is 18.4. The van der Waals surface area contributed by atoms with Crippen LogP contribution in [0.5, 0.6) is 11.5 Å². The zero-order valence-electron chi connectivity index (χ0n) is 22.0. The SMILES string of the molecule is C.Cc1ccc(CC(=O)C2(C)CC2)cc1-c1ccc(C(=O)NCCOCCO)cc1.[HH].c1ccc2c(c1)OCO2. The molecule has 5 rings (SSSR count). The number of aryl methyl sites for hydroxylation is 1. The van der Waals surface area contributed by atoms with E-state index in [2.05, 4.69) is 24.4 Å². The highest BCUT2D eigenvalue weighted by molar-refractivity contribution is 5.94. The molecule has 7 heteroatoms. The fraction of sp³-hybridized carbons (Fsp3) is 0.375. The number of benzene rings is 3. The Labute approximate surface area is 232 Å². The monoisotopic (exact) mass is 535 g/mol. The van der Waals surface area contributed by atoms with Crippen LogP contribution >= 0.6 is 0 Å². The van der Waals surface area contributed by atoms with Gasteiger partial charge in [-0.15, -0.1) is 0 Å². The minimum Gasteiger partial charge on any atom is -0.454 e. The van der Waals surface area contributed by atoms with Gasteiger partial charge >= 0.3 is 0 Å². The number of rotatable bonds is 10. The highest BCUT2D eigenvalue weighted by atomic mass is 16.7. The maximum absolute atomic E-state index is 12.4. The molecule has 0 spiro atoms. The number of amides is 1. The quantitative estimate of drug-likeness (QED) is 0.328. The highest BCUT2D eigenvalue weighted by Gasteiger charge is 2.43. The average molecular weight is 536 g/mol. The van der Waals surface area contributed by atoms with E-state index in [9.17, 15) is 9.59 Å². The summed E-state index contributed by atoms with van der Waals surface area (Å²) in [7, 11) is 0. The molecule has 1 heterocycles. The number of carbonyl (C=O) groups is 2. The molecule has 1 amide bonds. The van der Waals surface area contributed by atoms with Crippen molar-refractivity contribution >= 4 is 11.7 Å². The fourth-order valence-corrected chi connectivity index (χ4v) is 4.11. The van der Waals surface area contributed by atoms with E-state index >= 15 is 0 Å². The Morgan fingerprint density at radius 1 is 1.00 bits per heavy atom. The van der Waals surface area contributed by atoms with Crippen molar-refractivity contribution in [3.05, 3.63) is 83.4 Å². The first-order valence-corrected chi connectivity index (χ1v) is 12.9. The molecule has 39 heavy (non-hydrogen) atoms. The standard InChI is InChI=1S/C24H29NO4.C7H6O2.CH4.H2/c1-17-3-4-18(16-22(27)24(2)9-10-24)15-21(17)19-5-7-20(8-6-19)23(28)25-11-13-29-14-12-26;1-2-4-7-6(3-1)8-5-9-7;;/h3-8,15,26H,9-14,16H2,1-2H3,(H,25,28);1-4H,5H2;1H4;1H. The van der Waals surface area contributed by atoms with Gasteiger partial charge in [0.25, 0.3) is 5.91 Å². The van der Waals surface area contributed by atoms with E-state index in [0.717, 1.165) is 46.6 Å². The number of carbonyl (C=O) groups excluding carboxylic acids is 2. The third kappa shape index (κ3) is 8.15. The van der Waals surface area contributed by atoms with Gasteiger partial charge in [0.15, 0.2) is 11.5 Å². The lowest BCUT2D eigenvalue weighted by Gasteiger charge is -2.12. The van der Waals surface area contributed by atoms with Crippen molar-refractivity contribution in [2.24, 2.45) is 5.41 Å². The number of fused-ring (bicyclic) bond motifs is 1. The van der Waals surface area contributed by atoms with Gasteiger partial charge in [0.05, 0.1) is 19.8 Å². The molecule has 0 atom stereocenters. The molecule has 0 radical (unpaired) electrons. The Bertz CT molecular complexity index is 1230. The van der Waals surface area contributed by atoms with Crippen molar-refractivity contribution in [1.82, 2.24) is 5.32 Å². The second-order valence-electron chi connectivity index (χ2n) is 9.83. The zero-order valence-corrected chi connectivity index (χ0v) is 22.0. The fourth-order valence-electron chi connectivity index (χ4n) is 4.11. The molecular formula is C32H41NO6. The van der Waals surface area contributed by atoms with Gasteiger partial charge in [0.2, 0.25) is 6.79 Å². The molecule has 1 aliphatic heterocycles. The molecule has 2 N–H and O–H groups in total. The van der Waals surface area contributed by atoms with E-state index in [4.69, 9.17) is 19.3 Å². The van der Waals surface area contributed by atoms with Crippen molar-refractivity contribution in [3.63, 3.8) is 0 Å². The Kier molecular flexibility index (Phi) is 10.7. The molecule has 2 aliphatic rings. The summed E-state index contributed by atoms with van der Waals surface area (Å²) in [4.78, 5) is 24.6. The summed E-state index contributed by atoms with van der Waals surface area (Å²) in [5, 5.41) is 11.5. The Balaban J connectivity index is 0.000000429. The number of aliphatic hydroxyl groups is 1. The number of para-hydroxylation sites is 2. The number of hydrogen-bond donors (Lipinski definition) is 2. The van der Waals surface area contributed by atoms with Gasteiger partial charge in [0.1, 0.15) is 5.78 Å². The first-order valence-electron chi connectivity index (χ1n) is 12.9. The minimum atomic E-state index is -0.155. The van der Waals surface area contributed by atoms with Crippen molar-refractivity contribution in [1.29, 1.82) is 0 Å². The summed E-state index contributed by atoms with van der Waals surface area (Å²) in [6.45, 7) is 5.47. The predicted octanol–water partition coefficient (Wildman–Crippen LogP) is 5.61. The molecule has 210 valence electrons. The van der Waals surface area contributed by atoms with Crippen LogP contribution in [0.1, 0.15) is 50.1 Å². The van der Waals surface area contributed by atoms with Crippen molar-refractivity contribution in [2.75, 3.05) is 33.2 Å². The smallest absolute Gasteiger partial charge is 0.251 e. The van der Waals surface area contributed by atoms with Crippen molar-refractivity contribution < 1.29 is 30.3 Å². The molecule has 0 saturated heterocycles. The maximum atomic E-state index is 12.4. The normalized spacial score (nSPS) is 13.9. The largest absolute Gasteiger partial charge is 0.454 e. The van der Waals surface area contributed by atoms with Crippen LogP contribution in [0.3, 0.4) is 0 Å². The van der Waals surface area contributed by atoms with Gasteiger partial charge in [0, 0.05) is 25.4 Å². The number of ketones is 1. The molecular weight excluding hydrogens is 494 g/mol. The second kappa shape index (κ2) is 13.9. The summed E-state index contributed by atoms with van der Waals surface area (Å²) >= 11 is 0. The summed E-state index contributed by atoms with van der Waals surface area (Å²) in [6.07, 6.45) is 2.48. The van der Waals surface area contributed by atoms with E-state index in [1.807, 2.05) is 61.5 Å². The van der Waals surface area contributed by atoms with Gasteiger partial charge in [-0.05, 0) is 66.3 Å². The molecule has 7 nitrogen and oxygen atoms in total. The lowest BCUT2D eigenvalue weighted by molar-refractivity contribution is -0.122. The van der Waals surface area contributed by atoms with Gasteiger partial charge in [-0.1, -0.05) is 56.8 Å².